The van der Waals surface area contributed by atoms with Crippen LogP contribution in [0.25, 0.3) is 0 Å². The maximum Gasteiger partial charge on any atom is 0.326 e. The van der Waals surface area contributed by atoms with E-state index in [2.05, 4.69) is 15.6 Å². The van der Waals surface area contributed by atoms with Crippen LogP contribution in [-0.4, -0.2) is 101 Å². The summed E-state index contributed by atoms with van der Waals surface area (Å²) in [6.45, 7) is 0.540. The third-order valence-electron chi connectivity index (χ3n) is 7.28. The van der Waals surface area contributed by atoms with Crippen molar-refractivity contribution < 1.29 is 29.1 Å². The summed E-state index contributed by atoms with van der Waals surface area (Å²) in [5, 5.41) is 14.3. The molecule has 4 amide bonds. The molecular formula is C27H40N8O6. The van der Waals surface area contributed by atoms with Crippen LogP contribution in [0.2, 0.25) is 0 Å². The van der Waals surface area contributed by atoms with Gasteiger partial charge in [0.2, 0.25) is 23.6 Å². The number of carboxylic acid groups (broad SMARTS) is 1. The van der Waals surface area contributed by atoms with E-state index in [1.165, 1.54) is 9.80 Å². The van der Waals surface area contributed by atoms with Crippen LogP contribution in [0.5, 0.6) is 0 Å². The molecular weight excluding hydrogens is 532 g/mol. The fourth-order valence-electron chi connectivity index (χ4n) is 5.24. The molecule has 2 heterocycles. The molecule has 9 N–H and O–H groups in total. The third-order valence-corrected chi connectivity index (χ3v) is 7.28. The van der Waals surface area contributed by atoms with Crippen LogP contribution in [0.1, 0.15) is 44.1 Å². The van der Waals surface area contributed by atoms with E-state index in [-0.39, 0.29) is 30.7 Å². The van der Waals surface area contributed by atoms with E-state index < -0.39 is 48.5 Å². The van der Waals surface area contributed by atoms with Gasteiger partial charge < -0.3 is 42.7 Å². The van der Waals surface area contributed by atoms with Crippen molar-refractivity contribution in [2.75, 3.05) is 26.2 Å². The highest BCUT2D eigenvalue weighted by Gasteiger charge is 2.43. The summed E-state index contributed by atoms with van der Waals surface area (Å²) in [6, 6.07) is 5.97. The molecule has 3 rings (SSSR count). The molecule has 4 atom stereocenters. The number of hydrogen-bond acceptors (Lipinski definition) is 7. The molecule has 1 aromatic carbocycles. The SMILES string of the molecule is NC(N)=NCCC[C@H](NC(=O)CNC(=O)[C@@H]1CCCN1C(=O)[C@@H]1CCCN1C(=O)[C@@H](N)Cc1ccccc1)C(=O)O. The molecule has 0 aromatic heterocycles. The summed E-state index contributed by atoms with van der Waals surface area (Å²) in [5.74, 6) is -3.13. The second-order valence-corrected chi connectivity index (χ2v) is 10.3. The number of nitrogens with one attached hydrogen (secondary N) is 2. The van der Waals surface area contributed by atoms with Crippen molar-refractivity contribution in [3.8, 4) is 0 Å². The standard InChI is InChI=1S/C27H40N8O6/c28-18(15-17-7-2-1-3-8-17)24(38)35-14-6-11-21(35)25(39)34-13-5-10-20(34)23(37)32-16-22(36)33-19(26(40)41)9-4-12-31-27(29)30/h1-3,7-8,18-21H,4-6,9-16,28H2,(H,32,37)(H,33,36)(H,40,41)(H4,29,30,31)/t18-,19-,20-,21-/m0/s1. The number of rotatable bonds is 13. The van der Waals surface area contributed by atoms with Crippen molar-refractivity contribution in [1.82, 2.24) is 20.4 Å². The highest BCUT2D eigenvalue weighted by atomic mass is 16.4. The van der Waals surface area contributed by atoms with Crippen LogP contribution >= 0.6 is 0 Å². The normalized spacial score (nSPS) is 19.7. The number of aliphatic carboxylic acids is 1. The maximum atomic E-state index is 13.5. The van der Waals surface area contributed by atoms with Crippen molar-refractivity contribution >= 4 is 35.6 Å². The summed E-state index contributed by atoms with van der Waals surface area (Å²) in [4.78, 5) is 70.3. The van der Waals surface area contributed by atoms with Gasteiger partial charge in [-0.1, -0.05) is 30.3 Å². The van der Waals surface area contributed by atoms with Crippen molar-refractivity contribution in [2.24, 2.45) is 22.2 Å². The van der Waals surface area contributed by atoms with Gasteiger partial charge in [-0.3, -0.25) is 24.2 Å². The lowest BCUT2D eigenvalue weighted by Gasteiger charge is -2.32. The average molecular weight is 573 g/mol. The van der Waals surface area contributed by atoms with E-state index >= 15 is 0 Å². The lowest BCUT2D eigenvalue weighted by molar-refractivity contribution is -0.147. The number of nitrogens with zero attached hydrogens (tertiary/aromatic N) is 3. The molecule has 0 radical (unpaired) electrons. The highest BCUT2D eigenvalue weighted by molar-refractivity contribution is 5.95. The topological polar surface area (TPSA) is 227 Å². The number of benzene rings is 1. The Labute approximate surface area is 238 Å². The minimum atomic E-state index is -1.22. The van der Waals surface area contributed by atoms with E-state index in [9.17, 15) is 29.1 Å². The van der Waals surface area contributed by atoms with Crippen LogP contribution in [0.4, 0.5) is 0 Å². The largest absolute Gasteiger partial charge is 0.480 e. The van der Waals surface area contributed by atoms with Crippen molar-refractivity contribution in [1.29, 1.82) is 0 Å². The van der Waals surface area contributed by atoms with E-state index in [4.69, 9.17) is 17.2 Å². The zero-order chi connectivity index (χ0) is 29.9. The number of nitrogens with two attached hydrogens (primary N) is 3. The summed E-state index contributed by atoms with van der Waals surface area (Å²) in [6.07, 6.45) is 2.93. The van der Waals surface area contributed by atoms with Crippen molar-refractivity contribution in [3.05, 3.63) is 35.9 Å². The summed E-state index contributed by atoms with van der Waals surface area (Å²) < 4.78 is 0. The summed E-state index contributed by atoms with van der Waals surface area (Å²) in [7, 11) is 0. The second-order valence-electron chi connectivity index (χ2n) is 10.3. The second kappa shape index (κ2) is 15.0. The average Bonchev–Trinajstić information content (AvgIpc) is 3.63. The molecule has 14 nitrogen and oxygen atoms in total. The third kappa shape index (κ3) is 8.90. The van der Waals surface area contributed by atoms with Crippen LogP contribution in [0.3, 0.4) is 0 Å². The molecule has 2 saturated heterocycles. The van der Waals surface area contributed by atoms with Gasteiger partial charge in [-0.2, -0.15) is 0 Å². The quantitative estimate of drug-likeness (QED) is 0.0896. The van der Waals surface area contributed by atoms with E-state index in [1.54, 1.807) is 0 Å². The van der Waals surface area contributed by atoms with Gasteiger partial charge in [0.15, 0.2) is 5.96 Å². The van der Waals surface area contributed by atoms with Gasteiger partial charge in [-0.05, 0) is 50.5 Å². The molecule has 0 aliphatic carbocycles. The van der Waals surface area contributed by atoms with E-state index in [0.29, 0.717) is 51.6 Å². The first-order valence-electron chi connectivity index (χ1n) is 13.8. The minimum Gasteiger partial charge on any atom is -0.480 e. The van der Waals surface area contributed by atoms with E-state index in [0.717, 1.165) is 5.56 Å². The molecule has 2 fully saturated rings. The predicted octanol–water partition coefficient (Wildman–Crippen LogP) is -1.72. The van der Waals surface area contributed by atoms with Gasteiger partial charge in [0.25, 0.3) is 0 Å². The molecule has 0 bridgehead atoms. The Kier molecular flexibility index (Phi) is 11.4. The van der Waals surface area contributed by atoms with Gasteiger partial charge >= 0.3 is 5.97 Å². The number of hydrogen-bond donors (Lipinski definition) is 6. The van der Waals surface area contributed by atoms with Gasteiger partial charge in [0.1, 0.15) is 18.1 Å². The Morgan fingerprint density at radius 3 is 2.32 bits per heavy atom. The molecule has 2 aliphatic rings. The number of amides is 4. The Balaban J connectivity index is 1.53. The molecule has 0 unspecified atom stereocenters. The van der Waals surface area contributed by atoms with Gasteiger partial charge in [-0.15, -0.1) is 0 Å². The predicted molar refractivity (Wildman–Crippen MR) is 150 cm³/mol. The number of likely N-dealkylation sites (tertiary alicyclic amines) is 2. The van der Waals surface area contributed by atoms with Crippen LogP contribution < -0.4 is 27.8 Å². The summed E-state index contributed by atoms with van der Waals surface area (Å²) in [5.41, 5.74) is 17.6. The Morgan fingerprint density at radius 2 is 1.66 bits per heavy atom. The number of aliphatic imine (C=N–C) groups is 1. The fourth-order valence-corrected chi connectivity index (χ4v) is 5.24. The van der Waals surface area contributed by atoms with Crippen molar-refractivity contribution in [3.63, 3.8) is 0 Å². The highest BCUT2D eigenvalue weighted by Crippen LogP contribution is 2.25. The molecule has 41 heavy (non-hydrogen) atoms. The van der Waals surface area contributed by atoms with Crippen LogP contribution in [-0.2, 0) is 30.4 Å². The van der Waals surface area contributed by atoms with E-state index in [1.807, 2.05) is 30.3 Å². The fraction of sp³-hybridized carbons (Fsp3) is 0.556. The zero-order valence-electron chi connectivity index (χ0n) is 23.0. The monoisotopic (exact) mass is 572 g/mol. The lowest BCUT2D eigenvalue weighted by atomic mass is 10.0. The van der Waals surface area contributed by atoms with Crippen LogP contribution in [0.15, 0.2) is 35.3 Å². The number of carboxylic acids is 1. The molecule has 2 aliphatic heterocycles. The first kappa shape index (κ1) is 31.3. The Hall–Kier alpha value is -4.20. The van der Waals surface area contributed by atoms with Crippen LogP contribution in [0, 0.1) is 0 Å². The first-order chi connectivity index (χ1) is 19.6. The summed E-state index contributed by atoms with van der Waals surface area (Å²) >= 11 is 0. The Morgan fingerprint density at radius 1 is 1.00 bits per heavy atom. The number of guanidine groups is 1. The molecule has 224 valence electrons. The lowest BCUT2D eigenvalue weighted by Crippen LogP contribution is -2.56. The molecule has 0 spiro atoms. The number of carbonyl (C=O) groups excluding carboxylic acids is 4. The zero-order valence-corrected chi connectivity index (χ0v) is 23.0. The molecule has 0 saturated carbocycles. The van der Waals surface area contributed by atoms with Gasteiger partial charge in [-0.25, -0.2) is 4.79 Å². The minimum absolute atomic E-state index is 0.0995. The molecule has 1 aromatic rings. The number of carbonyl (C=O) groups is 5. The van der Waals surface area contributed by atoms with Gasteiger partial charge in [0, 0.05) is 19.6 Å². The maximum absolute atomic E-state index is 13.5. The smallest absolute Gasteiger partial charge is 0.326 e. The molecule has 14 heteroatoms. The Bertz CT molecular complexity index is 1130. The van der Waals surface area contributed by atoms with Crippen molar-refractivity contribution in [2.45, 2.75) is 69.1 Å². The first-order valence-corrected chi connectivity index (χ1v) is 13.8. The van der Waals surface area contributed by atoms with Gasteiger partial charge in [0.05, 0.1) is 12.6 Å².